The number of benzene rings is 1. The number of rotatable bonds is 7. The first-order valence-corrected chi connectivity index (χ1v) is 7.89. The molecule has 1 aromatic carbocycles. The van der Waals surface area contributed by atoms with Gasteiger partial charge in [0.05, 0.1) is 6.04 Å². The van der Waals surface area contributed by atoms with Crippen molar-refractivity contribution in [2.75, 3.05) is 6.54 Å². The van der Waals surface area contributed by atoms with Crippen LogP contribution in [0.3, 0.4) is 0 Å². The normalized spacial score (nSPS) is 14.6. The van der Waals surface area contributed by atoms with Gasteiger partial charge in [-0.15, -0.1) is 0 Å². The number of nitrogens with one attached hydrogen (secondary N) is 1. The second kappa shape index (κ2) is 6.94. The molecule has 2 heteroatoms. The summed E-state index contributed by atoms with van der Waals surface area (Å²) in [5.74, 6) is 1.67. The van der Waals surface area contributed by atoms with Gasteiger partial charge in [-0.1, -0.05) is 38.8 Å². The molecule has 0 aliphatic carbocycles. The SMILES string of the molecule is CCCNC(c1cc2cc(C)ccc2o1)C(C)CCC. The van der Waals surface area contributed by atoms with Crippen LogP contribution in [0.15, 0.2) is 28.7 Å². The average Bonchev–Trinajstić information content (AvgIpc) is 2.82. The standard InChI is InChI=1S/C18H27NO/c1-5-7-14(4)18(19-10-6-2)17-12-15-11-13(3)8-9-16(15)20-17/h8-9,11-12,14,18-19H,5-7,10H2,1-4H3. The average molecular weight is 273 g/mol. The summed E-state index contributed by atoms with van der Waals surface area (Å²) in [6, 6.07) is 8.92. The summed E-state index contributed by atoms with van der Waals surface area (Å²) in [5.41, 5.74) is 2.28. The number of hydrogen-bond donors (Lipinski definition) is 1. The monoisotopic (exact) mass is 273 g/mol. The Morgan fingerprint density at radius 3 is 2.65 bits per heavy atom. The van der Waals surface area contributed by atoms with Crippen LogP contribution in [-0.2, 0) is 0 Å². The van der Waals surface area contributed by atoms with E-state index in [1.165, 1.54) is 23.8 Å². The fraction of sp³-hybridized carbons (Fsp3) is 0.556. The summed E-state index contributed by atoms with van der Waals surface area (Å²) < 4.78 is 6.09. The molecule has 0 aliphatic rings. The van der Waals surface area contributed by atoms with Gasteiger partial charge in [0.15, 0.2) is 0 Å². The lowest BCUT2D eigenvalue weighted by atomic mass is 9.94. The smallest absolute Gasteiger partial charge is 0.134 e. The Labute approximate surface area is 122 Å². The highest BCUT2D eigenvalue weighted by Crippen LogP contribution is 2.30. The van der Waals surface area contributed by atoms with Gasteiger partial charge in [-0.2, -0.15) is 0 Å². The largest absolute Gasteiger partial charge is 0.459 e. The second-order valence-electron chi connectivity index (χ2n) is 5.89. The summed E-state index contributed by atoms with van der Waals surface area (Å²) in [6.45, 7) is 9.93. The van der Waals surface area contributed by atoms with E-state index in [0.717, 1.165) is 24.3 Å². The fourth-order valence-electron chi connectivity index (χ4n) is 2.84. The molecule has 0 fully saturated rings. The Morgan fingerprint density at radius 1 is 1.15 bits per heavy atom. The molecule has 0 spiro atoms. The molecule has 1 N–H and O–H groups in total. The molecule has 0 saturated heterocycles. The van der Waals surface area contributed by atoms with Gasteiger partial charge in [0.1, 0.15) is 11.3 Å². The maximum Gasteiger partial charge on any atom is 0.134 e. The Hall–Kier alpha value is -1.28. The van der Waals surface area contributed by atoms with Crippen LogP contribution < -0.4 is 5.32 Å². The quantitative estimate of drug-likeness (QED) is 0.748. The molecule has 1 aromatic heterocycles. The molecule has 0 saturated carbocycles. The molecule has 0 bridgehead atoms. The predicted octanol–water partition coefficient (Wildman–Crippen LogP) is 5.22. The maximum absolute atomic E-state index is 6.09. The maximum atomic E-state index is 6.09. The van der Waals surface area contributed by atoms with Crippen LogP contribution in [0, 0.1) is 12.8 Å². The molecule has 1 heterocycles. The van der Waals surface area contributed by atoms with Crippen molar-refractivity contribution >= 4 is 11.0 Å². The highest BCUT2D eigenvalue weighted by atomic mass is 16.3. The molecule has 0 amide bonds. The van der Waals surface area contributed by atoms with Crippen LogP contribution in [0.1, 0.15) is 57.4 Å². The summed E-state index contributed by atoms with van der Waals surface area (Å²) in [4.78, 5) is 0. The predicted molar refractivity (Wildman–Crippen MR) is 86.1 cm³/mol. The highest BCUT2D eigenvalue weighted by Gasteiger charge is 2.21. The van der Waals surface area contributed by atoms with Crippen LogP contribution in [-0.4, -0.2) is 6.54 Å². The van der Waals surface area contributed by atoms with E-state index in [1.807, 2.05) is 0 Å². The molecule has 20 heavy (non-hydrogen) atoms. The summed E-state index contributed by atoms with van der Waals surface area (Å²) in [6.07, 6.45) is 3.58. The zero-order valence-electron chi connectivity index (χ0n) is 13.2. The van der Waals surface area contributed by atoms with Gasteiger partial charge < -0.3 is 9.73 Å². The first kappa shape index (κ1) is 15.1. The van der Waals surface area contributed by atoms with Crippen LogP contribution >= 0.6 is 0 Å². The topological polar surface area (TPSA) is 25.2 Å². The number of hydrogen-bond acceptors (Lipinski definition) is 2. The van der Waals surface area contributed by atoms with Crippen LogP contribution in [0.4, 0.5) is 0 Å². The molecule has 2 atom stereocenters. The van der Waals surface area contributed by atoms with Gasteiger partial charge in [-0.25, -0.2) is 0 Å². The molecular weight excluding hydrogens is 246 g/mol. The van der Waals surface area contributed by atoms with E-state index in [9.17, 15) is 0 Å². The van der Waals surface area contributed by atoms with Crippen molar-refractivity contribution in [3.63, 3.8) is 0 Å². The minimum atomic E-state index is 0.322. The van der Waals surface area contributed by atoms with E-state index in [-0.39, 0.29) is 0 Å². The van der Waals surface area contributed by atoms with Gasteiger partial charge >= 0.3 is 0 Å². The Balaban J connectivity index is 2.29. The van der Waals surface area contributed by atoms with Crippen LogP contribution in [0.25, 0.3) is 11.0 Å². The van der Waals surface area contributed by atoms with Crippen molar-refractivity contribution < 1.29 is 4.42 Å². The first-order chi connectivity index (χ1) is 9.65. The van der Waals surface area contributed by atoms with Crippen LogP contribution in [0.2, 0.25) is 0 Å². The lowest BCUT2D eigenvalue weighted by Crippen LogP contribution is -2.27. The van der Waals surface area contributed by atoms with E-state index in [4.69, 9.17) is 4.42 Å². The van der Waals surface area contributed by atoms with Crippen molar-refractivity contribution in [1.29, 1.82) is 0 Å². The molecule has 110 valence electrons. The number of furan rings is 1. The summed E-state index contributed by atoms with van der Waals surface area (Å²) in [5, 5.41) is 4.87. The fourth-order valence-corrected chi connectivity index (χ4v) is 2.84. The van der Waals surface area contributed by atoms with Gasteiger partial charge in [0.25, 0.3) is 0 Å². The van der Waals surface area contributed by atoms with Crippen molar-refractivity contribution in [3.05, 3.63) is 35.6 Å². The van der Waals surface area contributed by atoms with Crippen molar-refractivity contribution in [3.8, 4) is 0 Å². The molecule has 2 rings (SSSR count). The summed E-state index contributed by atoms with van der Waals surface area (Å²) in [7, 11) is 0. The molecule has 2 unspecified atom stereocenters. The lowest BCUT2D eigenvalue weighted by Gasteiger charge is -2.23. The number of fused-ring (bicyclic) bond motifs is 1. The van der Waals surface area contributed by atoms with Gasteiger partial charge in [-0.3, -0.25) is 0 Å². The molecule has 2 nitrogen and oxygen atoms in total. The zero-order valence-corrected chi connectivity index (χ0v) is 13.2. The molecule has 0 aliphatic heterocycles. The van der Waals surface area contributed by atoms with E-state index in [1.54, 1.807) is 0 Å². The molecule has 2 aromatic rings. The van der Waals surface area contributed by atoms with E-state index in [2.05, 4.69) is 57.3 Å². The van der Waals surface area contributed by atoms with Crippen LogP contribution in [0.5, 0.6) is 0 Å². The van der Waals surface area contributed by atoms with E-state index < -0.39 is 0 Å². The number of aryl methyl sites for hydroxylation is 1. The zero-order chi connectivity index (χ0) is 14.5. The second-order valence-corrected chi connectivity index (χ2v) is 5.89. The Kier molecular flexibility index (Phi) is 5.24. The Bertz CT molecular complexity index is 543. The van der Waals surface area contributed by atoms with Crippen molar-refractivity contribution in [2.45, 2.75) is 53.0 Å². The van der Waals surface area contributed by atoms with Gasteiger partial charge in [-0.05, 0) is 50.4 Å². The van der Waals surface area contributed by atoms with Crippen molar-refractivity contribution in [1.82, 2.24) is 5.32 Å². The third kappa shape index (κ3) is 3.43. The van der Waals surface area contributed by atoms with Crippen molar-refractivity contribution in [2.24, 2.45) is 5.92 Å². The first-order valence-electron chi connectivity index (χ1n) is 7.89. The third-order valence-corrected chi connectivity index (χ3v) is 3.92. The van der Waals surface area contributed by atoms with Gasteiger partial charge in [0, 0.05) is 5.39 Å². The third-order valence-electron chi connectivity index (χ3n) is 3.92. The minimum Gasteiger partial charge on any atom is -0.459 e. The van der Waals surface area contributed by atoms with E-state index in [0.29, 0.717) is 12.0 Å². The molecular formula is C18H27NO. The lowest BCUT2D eigenvalue weighted by molar-refractivity contribution is 0.317. The summed E-state index contributed by atoms with van der Waals surface area (Å²) >= 11 is 0. The minimum absolute atomic E-state index is 0.322. The Morgan fingerprint density at radius 2 is 1.95 bits per heavy atom. The highest BCUT2D eigenvalue weighted by molar-refractivity contribution is 5.78. The van der Waals surface area contributed by atoms with E-state index >= 15 is 0 Å². The molecule has 0 radical (unpaired) electrons. The van der Waals surface area contributed by atoms with Gasteiger partial charge in [0.2, 0.25) is 0 Å².